The number of carbonyl (C=O) groups excluding carboxylic acids is 2. The summed E-state index contributed by atoms with van der Waals surface area (Å²) in [7, 11) is 0. The van der Waals surface area contributed by atoms with Gasteiger partial charge in [0.2, 0.25) is 18.6 Å². The predicted octanol–water partition coefficient (Wildman–Crippen LogP) is 1.48. The highest BCUT2D eigenvalue weighted by molar-refractivity contribution is 5.89. The van der Waals surface area contributed by atoms with Gasteiger partial charge in [-0.3, -0.25) is 9.59 Å². The Morgan fingerprint density at radius 2 is 1.93 bits per heavy atom. The Morgan fingerprint density at radius 1 is 1.14 bits per heavy atom. The molecule has 0 saturated carbocycles. The van der Waals surface area contributed by atoms with Crippen LogP contribution in [0.15, 0.2) is 48.5 Å². The van der Waals surface area contributed by atoms with Crippen molar-refractivity contribution in [3.05, 3.63) is 59.7 Å². The van der Waals surface area contributed by atoms with Gasteiger partial charge in [0.05, 0.1) is 18.6 Å². The largest absolute Gasteiger partial charge is 0.454 e. The molecule has 0 aromatic heterocycles. The summed E-state index contributed by atoms with van der Waals surface area (Å²) in [5, 5.41) is 12.5. The van der Waals surface area contributed by atoms with Crippen LogP contribution in [0.4, 0.5) is 0 Å². The van der Waals surface area contributed by atoms with E-state index in [1.807, 2.05) is 48.5 Å². The minimum Gasteiger partial charge on any atom is -0.454 e. The summed E-state index contributed by atoms with van der Waals surface area (Å²) in [4.78, 5) is 26.8. The van der Waals surface area contributed by atoms with E-state index in [1.54, 1.807) is 4.90 Å². The fourth-order valence-corrected chi connectivity index (χ4v) is 3.74. The predicted molar refractivity (Wildman–Crippen MR) is 105 cm³/mol. The van der Waals surface area contributed by atoms with Gasteiger partial charge in [-0.05, 0) is 29.7 Å². The molecule has 2 amide bonds. The van der Waals surface area contributed by atoms with Crippen LogP contribution in [-0.4, -0.2) is 47.8 Å². The molecule has 2 aromatic rings. The number of ether oxygens (including phenoxy) is 2. The van der Waals surface area contributed by atoms with E-state index >= 15 is 0 Å². The van der Waals surface area contributed by atoms with E-state index < -0.39 is 5.92 Å². The minimum atomic E-state index is -0.415. The molecular weight excluding hydrogens is 372 g/mol. The summed E-state index contributed by atoms with van der Waals surface area (Å²) in [5.74, 6) is 0.719. The van der Waals surface area contributed by atoms with Crippen LogP contribution in [0.25, 0.3) is 0 Å². The molecule has 0 unspecified atom stereocenters. The molecule has 152 valence electrons. The van der Waals surface area contributed by atoms with Crippen LogP contribution in [-0.2, 0) is 22.6 Å². The highest BCUT2D eigenvalue weighted by atomic mass is 16.7. The molecule has 2 aromatic carbocycles. The minimum absolute atomic E-state index is 0.0496. The van der Waals surface area contributed by atoms with E-state index in [4.69, 9.17) is 9.47 Å². The third kappa shape index (κ3) is 4.51. The number of aliphatic hydroxyl groups excluding tert-OH is 1. The van der Waals surface area contributed by atoms with E-state index in [1.165, 1.54) is 0 Å². The lowest BCUT2D eigenvalue weighted by atomic mass is 10.0. The summed E-state index contributed by atoms with van der Waals surface area (Å²) in [6, 6.07) is 14.9. The Hall–Kier alpha value is -3.06. The molecule has 7 nitrogen and oxygen atoms in total. The van der Waals surface area contributed by atoms with Crippen LogP contribution in [0, 0.1) is 5.92 Å². The van der Waals surface area contributed by atoms with Gasteiger partial charge >= 0.3 is 0 Å². The van der Waals surface area contributed by atoms with Crippen molar-refractivity contribution in [1.29, 1.82) is 0 Å². The summed E-state index contributed by atoms with van der Waals surface area (Å²) < 4.78 is 10.7. The second-order valence-corrected chi connectivity index (χ2v) is 7.44. The zero-order chi connectivity index (χ0) is 20.2. The highest BCUT2D eigenvalue weighted by Crippen LogP contribution is 2.33. The molecule has 2 aliphatic heterocycles. The zero-order valence-corrected chi connectivity index (χ0v) is 16.0. The standard InChI is InChI=1S/C22H24N2O5/c25-13-18(8-15-4-2-1-3-5-15)23-22(27)17-10-21(26)24(12-17)11-16-6-7-19-20(9-16)29-14-28-19/h1-7,9,17-18,25H,8,10-14H2,(H,23,27)/t17-,18-/m1/s1. The number of benzene rings is 2. The molecule has 0 bridgehead atoms. The lowest BCUT2D eigenvalue weighted by molar-refractivity contribution is -0.129. The average Bonchev–Trinajstić information content (AvgIpc) is 3.34. The number of rotatable bonds is 7. The van der Waals surface area contributed by atoms with E-state index in [2.05, 4.69) is 5.32 Å². The van der Waals surface area contributed by atoms with Gasteiger partial charge in [-0.1, -0.05) is 36.4 Å². The molecule has 1 saturated heterocycles. The fourth-order valence-electron chi connectivity index (χ4n) is 3.74. The van der Waals surface area contributed by atoms with Crippen LogP contribution in [0.1, 0.15) is 17.5 Å². The van der Waals surface area contributed by atoms with Gasteiger partial charge in [0.25, 0.3) is 0 Å². The maximum absolute atomic E-state index is 12.7. The number of aliphatic hydroxyl groups is 1. The van der Waals surface area contributed by atoms with Gasteiger partial charge in [-0.2, -0.15) is 0 Å². The van der Waals surface area contributed by atoms with Crippen LogP contribution in [0.2, 0.25) is 0 Å². The smallest absolute Gasteiger partial charge is 0.231 e. The zero-order valence-electron chi connectivity index (χ0n) is 16.0. The SMILES string of the molecule is O=C(N[C@@H](CO)Cc1ccccc1)[C@@H]1CC(=O)N(Cc2ccc3c(c2)OCO3)C1. The van der Waals surface area contributed by atoms with Crippen molar-refractivity contribution in [3.63, 3.8) is 0 Å². The first-order chi connectivity index (χ1) is 14.1. The Labute approximate surface area is 169 Å². The summed E-state index contributed by atoms with van der Waals surface area (Å²) in [5.41, 5.74) is 1.97. The quantitative estimate of drug-likeness (QED) is 0.740. The van der Waals surface area contributed by atoms with Gasteiger partial charge in [0, 0.05) is 19.5 Å². The Morgan fingerprint density at radius 3 is 2.72 bits per heavy atom. The molecule has 2 atom stereocenters. The molecule has 0 radical (unpaired) electrons. The van der Waals surface area contributed by atoms with Crippen molar-refractivity contribution in [1.82, 2.24) is 10.2 Å². The van der Waals surface area contributed by atoms with Gasteiger partial charge in [-0.25, -0.2) is 0 Å². The molecule has 2 heterocycles. The number of nitrogens with one attached hydrogen (secondary N) is 1. The summed E-state index contributed by atoms with van der Waals surface area (Å²) in [6.07, 6.45) is 0.727. The number of likely N-dealkylation sites (tertiary alicyclic amines) is 1. The third-order valence-corrected chi connectivity index (χ3v) is 5.29. The van der Waals surface area contributed by atoms with Crippen molar-refractivity contribution in [3.8, 4) is 11.5 Å². The maximum atomic E-state index is 12.7. The van der Waals surface area contributed by atoms with Gasteiger partial charge in [0.1, 0.15) is 0 Å². The van der Waals surface area contributed by atoms with E-state index in [0.717, 1.165) is 11.1 Å². The Kier molecular flexibility index (Phi) is 5.67. The van der Waals surface area contributed by atoms with E-state index in [0.29, 0.717) is 31.0 Å². The summed E-state index contributed by atoms with van der Waals surface area (Å²) >= 11 is 0. The van der Waals surface area contributed by atoms with Gasteiger partial charge < -0.3 is 24.8 Å². The number of amides is 2. The molecular formula is C22H24N2O5. The van der Waals surface area contributed by atoms with Crippen molar-refractivity contribution in [2.45, 2.75) is 25.4 Å². The molecule has 4 rings (SSSR count). The molecule has 2 N–H and O–H groups in total. The molecule has 2 aliphatic rings. The number of fused-ring (bicyclic) bond motifs is 1. The van der Waals surface area contributed by atoms with E-state index in [9.17, 15) is 14.7 Å². The first-order valence-corrected chi connectivity index (χ1v) is 9.74. The van der Waals surface area contributed by atoms with Crippen molar-refractivity contribution < 1.29 is 24.2 Å². The first-order valence-electron chi connectivity index (χ1n) is 9.74. The number of hydrogen-bond acceptors (Lipinski definition) is 5. The average molecular weight is 396 g/mol. The van der Waals surface area contributed by atoms with Gasteiger partial charge in [-0.15, -0.1) is 0 Å². The van der Waals surface area contributed by atoms with Crippen LogP contribution in [0.3, 0.4) is 0 Å². The highest BCUT2D eigenvalue weighted by Gasteiger charge is 2.35. The van der Waals surface area contributed by atoms with Crippen molar-refractivity contribution >= 4 is 11.8 Å². The number of carbonyl (C=O) groups is 2. The maximum Gasteiger partial charge on any atom is 0.231 e. The fraction of sp³-hybridized carbons (Fsp3) is 0.364. The normalized spacial score (nSPS) is 18.7. The first kappa shape index (κ1) is 19.3. The van der Waals surface area contributed by atoms with Crippen molar-refractivity contribution in [2.24, 2.45) is 5.92 Å². The van der Waals surface area contributed by atoms with Crippen LogP contribution < -0.4 is 14.8 Å². The van der Waals surface area contributed by atoms with Gasteiger partial charge in [0.15, 0.2) is 11.5 Å². The summed E-state index contributed by atoms with van der Waals surface area (Å²) in [6.45, 7) is 0.843. The number of nitrogens with zero attached hydrogens (tertiary/aromatic N) is 1. The van der Waals surface area contributed by atoms with E-state index in [-0.39, 0.29) is 37.7 Å². The van der Waals surface area contributed by atoms with Crippen LogP contribution in [0.5, 0.6) is 11.5 Å². The Bertz CT molecular complexity index is 886. The third-order valence-electron chi connectivity index (χ3n) is 5.29. The van der Waals surface area contributed by atoms with Crippen LogP contribution >= 0.6 is 0 Å². The topological polar surface area (TPSA) is 88.1 Å². The molecule has 0 spiro atoms. The monoisotopic (exact) mass is 396 g/mol. The molecule has 29 heavy (non-hydrogen) atoms. The van der Waals surface area contributed by atoms with Crippen molar-refractivity contribution in [2.75, 3.05) is 19.9 Å². The molecule has 7 heteroatoms. The number of hydrogen-bond donors (Lipinski definition) is 2. The lowest BCUT2D eigenvalue weighted by Gasteiger charge is -2.20. The lowest BCUT2D eigenvalue weighted by Crippen LogP contribution is -2.43. The second-order valence-electron chi connectivity index (χ2n) is 7.44. The molecule has 0 aliphatic carbocycles. The molecule has 1 fully saturated rings. The second kappa shape index (κ2) is 8.53. The Balaban J connectivity index is 1.33.